The zero-order valence-corrected chi connectivity index (χ0v) is 15.2. The number of hydrogen-bond donors (Lipinski definition) is 3. The second-order valence-electron chi connectivity index (χ2n) is 6.10. The van der Waals surface area contributed by atoms with Crippen molar-refractivity contribution in [2.75, 3.05) is 19.6 Å². The summed E-state index contributed by atoms with van der Waals surface area (Å²) in [7, 11) is -4.42. The number of nitrogens with one attached hydrogen (secondary N) is 2. The Bertz CT molecular complexity index is 915. The number of piperazine rings is 1. The molecule has 0 spiro atoms. The zero-order valence-electron chi connectivity index (χ0n) is 14.3. The third-order valence-corrected chi connectivity index (χ3v) is 6.38. The molecule has 2 aliphatic rings. The summed E-state index contributed by atoms with van der Waals surface area (Å²) in [5.41, 5.74) is -0.369. The zero-order chi connectivity index (χ0) is 20.6. The fraction of sp³-hybridized carbons (Fsp3) is 0.312. The van der Waals surface area contributed by atoms with Crippen LogP contribution in [0.5, 0.6) is 0 Å². The number of aliphatic carboxylic acids is 1. The summed E-state index contributed by atoms with van der Waals surface area (Å²) in [6.45, 7) is -0.249. The van der Waals surface area contributed by atoms with Gasteiger partial charge in [0.2, 0.25) is 15.7 Å². The van der Waals surface area contributed by atoms with E-state index in [0.717, 1.165) is 21.4 Å². The number of allylic oxidation sites excluding steroid dienone is 2. The van der Waals surface area contributed by atoms with Crippen molar-refractivity contribution in [2.24, 2.45) is 0 Å². The van der Waals surface area contributed by atoms with Crippen molar-refractivity contribution in [3.05, 3.63) is 54.4 Å². The Labute approximate surface area is 158 Å². The van der Waals surface area contributed by atoms with Crippen LogP contribution >= 0.6 is 0 Å². The summed E-state index contributed by atoms with van der Waals surface area (Å²) >= 11 is 0. The number of hydrazine groups is 1. The second kappa shape index (κ2) is 7.11. The molecule has 3 N–H and O–H groups in total. The number of halogens is 3. The van der Waals surface area contributed by atoms with Gasteiger partial charge in [-0.3, -0.25) is 5.01 Å². The van der Waals surface area contributed by atoms with Gasteiger partial charge in [-0.2, -0.15) is 17.5 Å². The molecule has 0 aliphatic carbocycles. The van der Waals surface area contributed by atoms with Gasteiger partial charge in [0.25, 0.3) is 0 Å². The predicted octanol–water partition coefficient (Wildman–Crippen LogP) is 0.928. The molecule has 1 aromatic rings. The highest BCUT2D eigenvalue weighted by atomic mass is 32.2. The van der Waals surface area contributed by atoms with Gasteiger partial charge in [0, 0.05) is 32.0 Å². The Balaban J connectivity index is 2.06. The van der Waals surface area contributed by atoms with Crippen LogP contribution < -0.4 is 10.7 Å². The molecule has 0 amide bonds. The minimum atomic E-state index is -4.61. The topological polar surface area (TPSA) is 102 Å². The summed E-state index contributed by atoms with van der Waals surface area (Å²) in [4.78, 5) is 11.8. The minimum Gasteiger partial charge on any atom is -0.478 e. The van der Waals surface area contributed by atoms with Crippen LogP contribution in [0.3, 0.4) is 0 Å². The fourth-order valence-electron chi connectivity index (χ4n) is 3.06. The second-order valence-corrected chi connectivity index (χ2v) is 7.96. The Morgan fingerprint density at radius 2 is 1.86 bits per heavy atom. The average Bonchev–Trinajstić information content (AvgIpc) is 2.68. The number of nitrogens with zero attached hydrogens (tertiary/aromatic N) is 2. The molecule has 8 nitrogen and oxygen atoms in total. The van der Waals surface area contributed by atoms with Gasteiger partial charge in [0.1, 0.15) is 0 Å². The molecule has 152 valence electrons. The Morgan fingerprint density at radius 1 is 1.18 bits per heavy atom. The van der Waals surface area contributed by atoms with Crippen molar-refractivity contribution in [1.29, 1.82) is 0 Å². The van der Waals surface area contributed by atoms with Crippen LogP contribution in [0.4, 0.5) is 13.2 Å². The maximum absolute atomic E-state index is 13.2. The predicted molar refractivity (Wildman–Crippen MR) is 91.8 cm³/mol. The fourth-order valence-corrected chi connectivity index (χ4v) is 4.75. The number of benzene rings is 1. The van der Waals surface area contributed by atoms with Crippen LogP contribution in [0.15, 0.2) is 53.7 Å². The molecule has 0 saturated carbocycles. The highest BCUT2D eigenvalue weighted by molar-refractivity contribution is 7.89. The molecule has 0 radical (unpaired) electrons. The summed E-state index contributed by atoms with van der Waals surface area (Å²) in [5.74, 6) is -1.44. The lowest BCUT2D eigenvalue weighted by molar-refractivity contribution is -0.162. The molecule has 1 unspecified atom stereocenters. The lowest BCUT2D eigenvalue weighted by atomic mass is 10.1. The van der Waals surface area contributed by atoms with Crippen LogP contribution in [0.1, 0.15) is 5.56 Å². The summed E-state index contributed by atoms with van der Waals surface area (Å²) in [5, 5.41) is 13.9. The Kier molecular flexibility index (Phi) is 5.12. The first-order chi connectivity index (χ1) is 13.1. The standard InChI is InChI=1S/C16H17F3N4O4S/c17-16(18,19)12-3-5-13(6-4-12)28(26,27)23-10-8-20-11-15(23,14(24)25)22-9-2-1-7-21-22/h1-7,9,20-21H,8,10-11H2,(H,24,25). The highest BCUT2D eigenvalue weighted by Gasteiger charge is 2.56. The van der Waals surface area contributed by atoms with E-state index in [-0.39, 0.29) is 19.6 Å². The van der Waals surface area contributed by atoms with Crippen molar-refractivity contribution in [1.82, 2.24) is 20.1 Å². The van der Waals surface area contributed by atoms with E-state index in [2.05, 4.69) is 10.7 Å². The maximum Gasteiger partial charge on any atom is 0.416 e. The van der Waals surface area contributed by atoms with Crippen LogP contribution in [0.2, 0.25) is 0 Å². The average molecular weight is 418 g/mol. The summed E-state index contributed by atoms with van der Waals surface area (Å²) in [6.07, 6.45) is 1.31. The smallest absolute Gasteiger partial charge is 0.416 e. The first-order valence-electron chi connectivity index (χ1n) is 8.13. The molecule has 28 heavy (non-hydrogen) atoms. The first-order valence-corrected chi connectivity index (χ1v) is 9.57. The number of hydrogen-bond acceptors (Lipinski definition) is 6. The summed E-state index contributed by atoms with van der Waals surface area (Å²) < 4.78 is 65.4. The minimum absolute atomic E-state index is 0.183. The Morgan fingerprint density at radius 3 is 2.39 bits per heavy atom. The molecule has 2 heterocycles. The van der Waals surface area contributed by atoms with Gasteiger partial charge in [-0.1, -0.05) is 0 Å². The van der Waals surface area contributed by atoms with Crippen LogP contribution in [0, 0.1) is 0 Å². The Hall–Kier alpha value is -2.57. The normalized spacial score (nSPS) is 23.5. The lowest BCUT2D eigenvalue weighted by Gasteiger charge is -2.48. The molecular formula is C16H17F3N4O4S. The largest absolute Gasteiger partial charge is 0.478 e. The van der Waals surface area contributed by atoms with E-state index < -0.39 is 38.3 Å². The third-order valence-electron chi connectivity index (χ3n) is 4.44. The van der Waals surface area contributed by atoms with E-state index in [9.17, 15) is 31.5 Å². The van der Waals surface area contributed by atoms with Gasteiger partial charge in [0.15, 0.2) is 0 Å². The molecule has 1 aromatic carbocycles. The summed E-state index contributed by atoms with van der Waals surface area (Å²) in [6, 6.07) is 2.96. The number of rotatable bonds is 4. The molecular weight excluding hydrogens is 401 g/mol. The molecule has 1 saturated heterocycles. The van der Waals surface area contributed by atoms with Gasteiger partial charge >= 0.3 is 12.1 Å². The van der Waals surface area contributed by atoms with Crippen molar-refractivity contribution in [3.63, 3.8) is 0 Å². The monoisotopic (exact) mass is 418 g/mol. The van der Waals surface area contributed by atoms with Crippen LogP contribution in [-0.2, 0) is 21.0 Å². The number of carboxylic acid groups (broad SMARTS) is 1. The first kappa shape index (κ1) is 20.2. The molecule has 1 fully saturated rings. The lowest BCUT2D eigenvalue weighted by Crippen LogP contribution is -2.75. The van der Waals surface area contributed by atoms with Gasteiger partial charge < -0.3 is 15.8 Å². The number of alkyl halides is 3. The molecule has 12 heteroatoms. The van der Waals surface area contributed by atoms with E-state index in [1.54, 1.807) is 6.08 Å². The molecule has 2 aliphatic heterocycles. The van der Waals surface area contributed by atoms with Crippen molar-refractivity contribution in [3.8, 4) is 0 Å². The van der Waals surface area contributed by atoms with E-state index in [4.69, 9.17) is 0 Å². The highest BCUT2D eigenvalue weighted by Crippen LogP contribution is 2.33. The SMILES string of the molecule is O=C(O)C1(N2C=CC=CN2)CNCCN1S(=O)(=O)c1ccc(C(F)(F)F)cc1. The number of sulfonamides is 1. The van der Waals surface area contributed by atoms with Crippen molar-refractivity contribution >= 4 is 16.0 Å². The third kappa shape index (κ3) is 3.34. The van der Waals surface area contributed by atoms with Crippen molar-refractivity contribution in [2.45, 2.75) is 16.7 Å². The van der Waals surface area contributed by atoms with E-state index in [1.807, 2.05) is 0 Å². The van der Waals surface area contributed by atoms with Gasteiger partial charge in [-0.05, 0) is 36.4 Å². The van der Waals surface area contributed by atoms with Crippen LogP contribution in [0.25, 0.3) is 0 Å². The molecule has 3 rings (SSSR count). The molecule has 0 bridgehead atoms. The molecule has 0 aromatic heterocycles. The maximum atomic E-state index is 13.2. The van der Waals surface area contributed by atoms with Crippen molar-refractivity contribution < 1.29 is 31.5 Å². The number of carboxylic acids is 1. The van der Waals surface area contributed by atoms with E-state index in [1.165, 1.54) is 18.5 Å². The number of carbonyl (C=O) groups is 1. The van der Waals surface area contributed by atoms with Crippen LogP contribution in [-0.4, -0.2) is 54.1 Å². The van der Waals surface area contributed by atoms with Gasteiger partial charge in [-0.15, -0.1) is 0 Å². The van der Waals surface area contributed by atoms with E-state index >= 15 is 0 Å². The van der Waals surface area contributed by atoms with E-state index in [0.29, 0.717) is 12.1 Å². The van der Waals surface area contributed by atoms with Gasteiger partial charge in [0.05, 0.1) is 10.5 Å². The quantitative estimate of drug-likeness (QED) is 0.669. The molecule has 1 atom stereocenters. The van der Waals surface area contributed by atoms with Gasteiger partial charge in [-0.25, -0.2) is 13.2 Å².